The first-order valence-corrected chi connectivity index (χ1v) is 6.46. The van der Waals surface area contributed by atoms with Crippen LogP contribution in [0.1, 0.15) is 11.1 Å². The average Bonchev–Trinajstić information content (AvgIpc) is 2.26. The third-order valence-corrected chi connectivity index (χ3v) is 3.74. The first-order valence-electron chi connectivity index (χ1n) is 4.95. The van der Waals surface area contributed by atoms with E-state index in [0.717, 1.165) is 11.1 Å². The minimum absolute atomic E-state index is 0.592. The molecule has 0 spiro atoms. The van der Waals surface area contributed by atoms with Gasteiger partial charge in [-0.05, 0) is 35.4 Å². The van der Waals surface area contributed by atoms with Gasteiger partial charge in [-0.1, -0.05) is 58.5 Å². The molecule has 0 aliphatic rings. The molecule has 0 atom stereocenters. The zero-order valence-electron chi connectivity index (χ0n) is 8.68. The minimum atomic E-state index is 0.592. The Hall–Kier alpha value is -0.400. The first-order chi connectivity index (χ1) is 8.08. The molecule has 88 valence electrons. The summed E-state index contributed by atoms with van der Waals surface area (Å²) in [7, 11) is 0. The molecule has 0 unspecified atom stereocenters. The highest BCUT2D eigenvalue weighted by Gasteiger charge is 2.09. The molecule has 0 aliphatic carbocycles. The molecule has 2 rings (SSSR count). The zero-order valence-corrected chi connectivity index (χ0v) is 11.7. The Balaban J connectivity index is 2.38. The van der Waals surface area contributed by atoms with Crippen LogP contribution in [0, 0.1) is 0 Å². The van der Waals surface area contributed by atoms with Crippen molar-refractivity contribution in [3.63, 3.8) is 0 Å². The summed E-state index contributed by atoms with van der Waals surface area (Å²) in [4.78, 5) is 0. The Kier molecular flexibility index (Phi) is 4.22. The Morgan fingerprint density at radius 1 is 0.765 bits per heavy atom. The van der Waals surface area contributed by atoms with Crippen LogP contribution in [0.4, 0.5) is 0 Å². The molecule has 0 saturated carbocycles. The van der Waals surface area contributed by atoms with Crippen molar-refractivity contribution in [2.75, 3.05) is 0 Å². The van der Waals surface area contributed by atoms with Crippen LogP contribution >= 0.6 is 46.4 Å². The van der Waals surface area contributed by atoms with Gasteiger partial charge in [0, 0.05) is 26.5 Å². The molecule has 0 nitrogen and oxygen atoms in total. The second-order valence-electron chi connectivity index (χ2n) is 3.61. The van der Waals surface area contributed by atoms with Crippen LogP contribution in [-0.4, -0.2) is 0 Å². The van der Waals surface area contributed by atoms with E-state index in [9.17, 15) is 0 Å². The van der Waals surface area contributed by atoms with Gasteiger partial charge < -0.3 is 0 Å². The highest BCUT2D eigenvalue weighted by Crippen LogP contribution is 2.30. The fraction of sp³-hybridized carbons (Fsp3) is 0.0769. The molecule has 0 N–H and O–H groups in total. The van der Waals surface area contributed by atoms with Crippen LogP contribution in [0.15, 0.2) is 36.4 Å². The average molecular weight is 306 g/mol. The van der Waals surface area contributed by atoms with Gasteiger partial charge >= 0.3 is 0 Å². The van der Waals surface area contributed by atoms with Crippen LogP contribution in [0.5, 0.6) is 0 Å². The Morgan fingerprint density at radius 2 is 1.41 bits per heavy atom. The number of rotatable bonds is 2. The molecule has 0 amide bonds. The third-order valence-electron chi connectivity index (χ3n) is 2.44. The van der Waals surface area contributed by atoms with E-state index < -0.39 is 0 Å². The smallest absolute Gasteiger partial charge is 0.0456 e. The van der Waals surface area contributed by atoms with E-state index in [1.807, 2.05) is 24.3 Å². The van der Waals surface area contributed by atoms with Gasteiger partial charge in [0.1, 0.15) is 0 Å². The first kappa shape index (κ1) is 13.0. The molecular formula is C13H8Cl4. The molecule has 2 aromatic carbocycles. The molecule has 0 radical (unpaired) electrons. The predicted octanol–water partition coefficient (Wildman–Crippen LogP) is 5.89. The van der Waals surface area contributed by atoms with Crippen LogP contribution in [-0.2, 0) is 6.42 Å². The monoisotopic (exact) mass is 304 g/mol. The van der Waals surface area contributed by atoms with Gasteiger partial charge in [0.05, 0.1) is 0 Å². The fourth-order valence-electron chi connectivity index (χ4n) is 1.56. The molecule has 0 bridgehead atoms. The largest absolute Gasteiger partial charge is 0.0843 e. The van der Waals surface area contributed by atoms with Gasteiger partial charge in [-0.3, -0.25) is 0 Å². The van der Waals surface area contributed by atoms with Crippen molar-refractivity contribution in [1.29, 1.82) is 0 Å². The summed E-state index contributed by atoms with van der Waals surface area (Å²) in [5, 5.41) is 2.52. The van der Waals surface area contributed by atoms with Crippen molar-refractivity contribution in [2.45, 2.75) is 6.42 Å². The SMILES string of the molecule is Clc1ccc(Cc2c(Cl)cccc2Cl)c(Cl)c1. The maximum absolute atomic E-state index is 6.11. The molecule has 0 aliphatic heterocycles. The maximum atomic E-state index is 6.11. The van der Waals surface area contributed by atoms with Gasteiger partial charge in [0.2, 0.25) is 0 Å². The Bertz CT molecular complexity index is 529. The van der Waals surface area contributed by atoms with Crippen molar-refractivity contribution in [1.82, 2.24) is 0 Å². The fourth-order valence-corrected chi connectivity index (χ4v) is 2.56. The number of hydrogen-bond donors (Lipinski definition) is 0. The number of hydrogen-bond acceptors (Lipinski definition) is 0. The lowest BCUT2D eigenvalue weighted by Gasteiger charge is -2.08. The van der Waals surface area contributed by atoms with E-state index in [2.05, 4.69) is 0 Å². The van der Waals surface area contributed by atoms with E-state index in [1.54, 1.807) is 12.1 Å². The topological polar surface area (TPSA) is 0 Å². The van der Waals surface area contributed by atoms with E-state index in [-0.39, 0.29) is 0 Å². The molecule has 0 saturated heterocycles. The predicted molar refractivity (Wildman–Crippen MR) is 75.7 cm³/mol. The standard InChI is InChI=1S/C13H8Cl4/c14-9-5-4-8(13(17)7-9)6-10-11(15)2-1-3-12(10)16/h1-5,7H,6H2. The van der Waals surface area contributed by atoms with Crippen LogP contribution in [0.3, 0.4) is 0 Å². The summed E-state index contributed by atoms with van der Waals surface area (Å²) in [5.74, 6) is 0. The summed E-state index contributed by atoms with van der Waals surface area (Å²) in [6, 6.07) is 10.8. The van der Waals surface area contributed by atoms with Crippen molar-refractivity contribution in [3.8, 4) is 0 Å². The Morgan fingerprint density at radius 3 is 2.00 bits per heavy atom. The second-order valence-corrected chi connectivity index (χ2v) is 5.27. The highest BCUT2D eigenvalue weighted by molar-refractivity contribution is 6.36. The van der Waals surface area contributed by atoms with Crippen molar-refractivity contribution in [3.05, 3.63) is 67.6 Å². The van der Waals surface area contributed by atoms with Crippen molar-refractivity contribution in [2.24, 2.45) is 0 Å². The molecule has 4 heteroatoms. The molecule has 0 heterocycles. The van der Waals surface area contributed by atoms with Crippen LogP contribution < -0.4 is 0 Å². The minimum Gasteiger partial charge on any atom is -0.0843 e. The second kappa shape index (κ2) is 5.49. The van der Waals surface area contributed by atoms with Crippen molar-refractivity contribution >= 4 is 46.4 Å². The van der Waals surface area contributed by atoms with Gasteiger partial charge in [-0.2, -0.15) is 0 Å². The number of benzene rings is 2. The molecule has 0 aromatic heterocycles. The van der Waals surface area contributed by atoms with E-state index >= 15 is 0 Å². The lowest BCUT2D eigenvalue weighted by molar-refractivity contribution is 1.19. The zero-order chi connectivity index (χ0) is 12.4. The summed E-state index contributed by atoms with van der Waals surface area (Å²) < 4.78 is 0. The van der Waals surface area contributed by atoms with Gasteiger partial charge in [-0.15, -0.1) is 0 Å². The summed E-state index contributed by atoms with van der Waals surface area (Å²) in [6.07, 6.45) is 0.592. The van der Waals surface area contributed by atoms with E-state index in [1.165, 1.54) is 0 Å². The lowest BCUT2D eigenvalue weighted by atomic mass is 10.0. The van der Waals surface area contributed by atoms with E-state index in [4.69, 9.17) is 46.4 Å². The third kappa shape index (κ3) is 3.08. The lowest BCUT2D eigenvalue weighted by Crippen LogP contribution is -1.92. The Labute approximate surface area is 120 Å². The molecule has 2 aromatic rings. The molecular weight excluding hydrogens is 298 g/mol. The van der Waals surface area contributed by atoms with Gasteiger partial charge in [0.15, 0.2) is 0 Å². The summed E-state index contributed by atoms with van der Waals surface area (Å²) in [5.41, 5.74) is 1.83. The maximum Gasteiger partial charge on any atom is 0.0456 e. The summed E-state index contributed by atoms with van der Waals surface area (Å²) >= 11 is 24.2. The van der Waals surface area contributed by atoms with E-state index in [0.29, 0.717) is 26.5 Å². The van der Waals surface area contributed by atoms with Crippen LogP contribution in [0.25, 0.3) is 0 Å². The van der Waals surface area contributed by atoms with Crippen LogP contribution in [0.2, 0.25) is 20.1 Å². The molecule has 17 heavy (non-hydrogen) atoms. The van der Waals surface area contributed by atoms with Gasteiger partial charge in [-0.25, -0.2) is 0 Å². The highest BCUT2D eigenvalue weighted by atomic mass is 35.5. The quantitative estimate of drug-likeness (QED) is 0.649. The summed E-state index contributed by atoms with van der Waals surface area (Å²) in [6.45, 7) is 0. The normalized spacial score (nSPS) is 10.6. The molecule has 0 fully saturated rings. The number of halogens is 4. The van der Waals surface area contributed by atoms with Gasteiger partial charge in [0.25, 0.3) is 0 Å². The van der Waals surface area contributed by atoms with Crippen molar-refractivity contribution < 1.29 is 0 Å².